The van der Waals surface area contributed by atoms with Gasteiger partial charge in [0.2, 0.25) is 0 Å². The molecule has 0 aliphatic carbocycles. The number of nitrogens with one attached hydrogen (secondary N) is 2. The van der Waals surface area contributed by atoms with E-state index >= 15 is 0 Å². The van der Waals surface area contributed by atoms with Crippen LogP contribution in [0, 0.1) is 0 Å². The average Bonchev–Trinajstić information content (AvgIpc) is 2.51. The van der Waals surface area contributed by atoms with Crippen LogP contribution in [-0.2, 0) is 9.47 Å². The van der Waals surface area contributed by atoms with Crippen molar-refractivity contribution in [1.82, 2.24) is 10.6 Å². The van der Waals surface area contributed by atoms with Gasteiger partial charge in [0.05, 0.1) is 19.8 Å². The highest BCUT2D eigenvalue weighted by atomic mass is 16.5. The lowest BCUT2D eigenvalue weighted by molar-refractivity contribution is 0.0720. The standard InChI is InChI=1S/C12H28N2O2.C3H8.C2H6/c1-13-7-5-3-4-6-8-14-9-10-16-12-11-15-2;1-3-2;1-2/h13-14H,3-12H2,1-2H3;3H2,1-2H3;1-2H3. The molecule has 0 unspecified atom stereocenters. The number of methoxy groups -OCH3 is 1. The van der Waals surface area contributed by atoms with Gasteiger partial charge < -0.3 is 20.1 Å². The molecule has 0 atom stereocenters. The Balaban J connectivity index is -0.000000569. The Morgan fingerprint density at radius 2 is 1.33 bits per heavy atom. The van der Waals surface area contributed by atoms with E-state index in [0.29, 0.717) is 13.2 Å². The molecule has 0 amide bonds. The molecule has 0 aliphatic heterocycles. The van der Waals surface area contributed by atoms with Crippen molar-refractivity contribution in [2.24, 2.45) is 0 Å². The maximum absolute atomic E-state index is 5.34. The summed E-state index contributed by atoms with van der Waals surface area (Å²) >= 11 is 0. The maximum atomic E-state index is 5.34. The highest BCUT2D eigenvalue weighted by molar-refractivity contribution is 4.50. The van der Waals surface area contributed by atoms with Crippen LogP contribution in [0.4, 0.5) is 0 Å². The Hall–Kier alpha value is -0.160. The predicted octanol–water partition coefficient (Wildman–Crippen LogP) is 3.46. The third-order valence-electron chi connectivity index (χ3n) is 2.39. The first-order valence-electron chi connectivity index (χ1n) is 8.75. The van der Waals surface area contributed by atoms with Gasteiger partial charge in [-0.15, -0.1) is 0 Å². The molecule has 0 fully saturated rings. The molecule has 0 aromatic carbocycles. The minimum Gasteiger partial charge on any atom is -0.382 e. The molecule has 4 nitrogen and oxygen atoms in total. The molecule has 0 aromatic heterocycles. The molecule has 0 bridgehead atoms. The molecule has 0 saturated heterocycles. The van der Waals surface area contributed by atoms with Crippen LogP contribution < -0.4 is 10.6 Å². The van der Waals surface area contributed by atoms with E-state index in [1.807, 2.05) is 20.9 Å². The highest BCUT2D eigenvalue weighted by Crippen LogP contribution is 1.97. The fourth-order valence-electron chi connectivity index (χ4n) is 1.42. The summed E-state index contributed by atoms with van der Waals surface area (Å²) in [6.07, 6.45) is 6.45. The largest absolute Gasteiger partial charge is 0.382 e. The van der Waals surface area contributed by atoms with Crippen LogP contribution in [0.25, 0.3) is 0 Å². The van der Waals surface area contributed by atoms with E-state index in [0.717, 1.165) is 26.2 Å². The van der Waals surface area contributed by atoms with Crippen LogP contribution in [0.3, 0.4) is 0 Å². The Bertz CT molecular complexity index is 122. The Morgan fingerprint density at radius 3 is 1.86 bits per heavy atom. The van der Waals surface area contributed by atoms with Gasteiger partial charge in [0.1, 0.15) is 0 Å². The molecule has 0 heterocycles. The fraction of sp³-hybridized carbons (Fsp3) is 1.00. The normalized spacial score (nSPS) is 9.43. The van der Waals surface area contributed by atoms with Crippen molar-refractivity contribution < 1.29 is 9.47 Å². The summed E-state index contributed by atoms with van der Waals surface area (Å²) in [6.45, 7) is 13.6. The summed E-state index contributed by atoms with van der Waals surface area (Å²) < 4.78 is 10.2. The zero-order chi connectivity index (χ0) is 16.6. The van der Waals surface area contributed by atoms with E-state index in [9.17, 15) is 0 Å². The summed E-state index contributed by atoms with van der Waals surface area (Å²) in [5.41, 5.74) is 0. The molecule has 0 radical (unpaired) electrons. The summed E-state index contributed by atoms with van der Waals surface area (Å²) in [5.74, 6) is 0. The summed E-state index contributed by atoms with van der Waals surface area (Å²) in [4.78, 5) is 0. The molecule has 4 heteroatoms. The fourth-order valence-corrected chi connectivity index (χ4v) is 1.42. The second-order valence-corrected chi connectivity index (χ2v) is 4.58. The van der Waals surface area contributed by atoms with Crippen molar-refractivity contribution in [3.05, 3.63) is 0 Å². The predicted molar refractivity (Wildman–Crippen MR) is 95.3 cm³/mol. The van der Waals surface area contributed by atoms with Crippen LogP contribution in [0.15, 0.2) is 0 Å². The van der Waals surface area contributed by atoms with Gasteiger partial charge in [-0.2, -0.15) is 0 Å². The molecule has 2 N–H and O–H groups in total. The summed E-state index contributed by atoms with van der Waals surface area (Å²) in [7, 11) is 3.70. The quantitative estimate of drug-likeness (QED) is 0.511. The Labute approximate surface area is 134 Å². The minimum absolute atomic E-state index is 0.686. The molecule has 21 heavy (non-hydrogen) atoms. The van der Waals surface area contributed by atoms with Gasteiger partial charge in [-0.05, 0) is 33.0 Å². The van der Waals surface area contributed by atoms with Crippen molar-refractivity contribution in [3.63, 3.8) is 0 Å². The first kappa shape index (κ1) is 25.8. The second kappa shape index (κ2) is 32.0. The van der Waals surface area contributed by atoms with E-state index in [1.54, 1.807) is 7.11 Å². The summed E-state index contributed by atoms with van der Waals surface area (Å²) in [6, 6.07) is 0. The topological polar surface area (TPSA) is 42.5 Å². The van der Waals surface area contributed by atoms with Gasteiger partial charge in [0, 0.05) is 13.7 Å². The van der Waals surface area contributed by atoms with E-state index in [2.05, 4.69) is 24.5 Å². The van der Waals surface area contributed by atoms with Crippen LogP contribution in [-0.4, -0.2) is 53.6 Å². The van der Waals surface area contributed by atoms with Crippen molar-refractivity contribution in [2.75, 3.05) is 53.6 Å². The third kappa shape index (κ3) is 38.3. The third-order valence-corrected chi connectivity index (χ3v) is 2.39. The second-order valence-electron chi connectivity index (χ2n) is 4.58. The maximum Gasteiger partial charge on any atom is 0.0700 e. The Morgan fingerprint density at radius 1 is 0.762 bits per heavy atom. The summed E-state index contributed by atoms with van der Waals surface area (Å²) in [5, 5.41) is 6.53. The SMILES string of the molecule is CC.CCC.CNCCCCCCNCCOCCOC. The van der Waals surface area contributed by atoms with Crippen LogP contribution in [0.5, 0.6) is 0 Å². The van der Waals surface area contributed by atoms with Crippen LogP contribution >= 0.6 is 0 Å². The molecule has 0 spiro atoms. The monoisotopic (exact) mass is 306 g/mol. The first-order chi connectivity index (χ1) is 10.3. The lowest BCUT2D eigenvalue weighted by atomic mass is 10.2. The van der Waals surface area contributed by atoms with Gasteiger partial charge in [-0.3, -0.25) is 0 Å². The van der Waals surface area contributed by atoms with Gasteiger partial charge in [-0.25, -0.2) is 0 Å². The van der Waals surface area contributed by atoms with Crippen molar-refractivity contribution >= 4 is 0 Å². The number of hydrogen-bond acceptors (Lipinski definition) is 4. The average molecular weight is 307 g/mol. The molecular weight excluding hydrogens is 264 g/mol. The zero-order valence-electron chi connectivity index (χ0n) is 15.6. The van der Waals surface area contributed by atoms with Gasteiger partial charge >= 0.3 is 0 Å². The zero-order valence-corrected chi connectivity index (χ0v) is 15.6. The molecular formula is C17H42N2O2. The highest BCUT2D eigenvalue weighted by Gasteiger charge is 1.91. The van der Waals surface area contributed by atoms with Crippen molar-refractivity contribution in [3.8, 4) is 0 Å². The molecule has 132 valence electrons. The van der Waals surface area contributed by atoms with Crippen molar-refractivity contribution in [2.45, 2.75) is 59.8 Å². The molecule has 0 aromatic rings. The molecule has 0 rings (SSSR count). The number of hydrogen-bond donors (Lipinski definition) is 2. The molecule has 0 saturated carbocycles. The minimum atomic E-state index is 0.686. The van der Waals surface area contributed by atoms with E-state index in [4.69, 9.17) is 9.47 Å². The smallest absolute Gasteiger partial charge is 0.0700 e. The van der Waals surface area contributed by atoms with Crippen LogP contribution in [0.2, 0.25) is 0 Å². The van der Waals surface area contributed by atoms with E-state index in [-0.39, 0.29) is 0 Å². The number of ether oxygens (including phenoxy) is 2. The van der Waals surface area contributed by atoms with Crippen LogP contribution in [0.1, 0.15) is 59.8 Å². The first-order valence-corrected chi connectivity index (χ1v) is 8.75. The van der Waals surface area contributed by atoms with Gasteiger partial charge in [0.25, 0.3) is 0 Å². The molecule has 0 aliphatic rings. The number of unbranched alkanes of at least 4 members (excludes halogenated alkanes) is 3. The van der Waals surface area contributed by atoms with E-state index < -0.39 is 0 Å². The number of rotatable bonds is 13. The lowest BCUT2D eigenvalue weighted by Gasteiger charge is -2.05. The lowest BCUT2D eigenvalue weighted by Crippen LogP contribution is -2.21. The Kier molecular flexibility index (Phi) is 39.2. The van der Waals surface area contributed by atoms with Crippen molar-refractivity contribution in [1.29, 1.82) is 0 Å². The van der Waals surface area contributed by atoms with Gasteiger partial charge in [0.15, 0.2) is 0 Å². The van der Waals surface area contributed by atoms with E-state index in [1.165, 1.54) is 32.1 Å². The van der Waals surface area contributed by atoms with Gasteiger partial charge in [-0.1, -0.05) is 47.0 Å².